The van der Waals surface area contributed by atoms with Gasteiger partial charge in [-0.2, -0.15) is 0 Å². The Hall–Kier alpha value is -1.14. The molecule has 1 saturated heterocycles. The Labute approximate surface area is 108 Å². The summed E-state index contributed by atoms with van der Waals surface area (Å²) in [6.07, 6.45) is 1.56. The zero-order valence-electron chi connectivity index (χ0n) is 11.1. The van der Waals surface area contributed by atoms with Gasteiger partial charge in [0.1, 0.15) is 0 Å². The number of nitrogens with zero attached hydrogens (tertiary/aromatic N) is 1. The summed E-state index contributed by atoms with van der Waals surface area (Å²) in [7, 11) is 3.20. The van der Waals surface area contributed by atoms with Crippen molar-refractivity contribution in [1.82, 2.24) is 10.2 Å². The van der Waals surface area contributed by atoms with Crippen molar-refractivity contribution in [3.05, 3.63) is 0 Å². The van der Waals surface area contributed by atoms with Gasteiger partial charge in [0.15, 0.2) is 0 Å². The highest BCUT2D eigenvalue weighted by Crippen LogP contribution is 2.18. The molecular weight excluding hydrogens is 234 g/mol. The summed E-state index contributed by atoms with van der Waals surface area (Å²) in [5, 5.41) is 2.65. The highest BCUT2D eigenvalue weighted by Gasteiger charge is 2.27. The lowest BCUT2D eigenvalue weighted by atomic mass is 9.95. The van der Waals surface area contributed by atoms with Crippen LogP contribution in [0.25, 0.3) is 0 Å². The molecular formula is C12H23N3O3. The minimum Gasteiger partial charge on any atom is -0.380 e. The molecule has 0 aromatic carbocycles. The SMILES string of the molecule is CNC(=O)C1CCN(C(=O)CC(CN)OC)CC1. The second kappa shape index (κ2) is 7.33. The molecule has 0 saturated carbocycles. The van der Waals surface area contributed by atoms with Crippen molar-refractivity contribution in [3.63, 3.8) is 0 Å². The number of rotatable bonds is 5. The molecule has 0 radical (unpaired) electrons. The van der Waals surface area contributed by atoms with Gasteiger partial charge in [-0.05, 0) is 12.8 Å². The first kappa shape index (κ1) is 14.9. The Morgan fingerprint density at radius 3 is 2.50 bits per heavy atom. The van der Waals surface area contributed by atoms with Crippen molar-refractivity contribution in [2.24, 2.45) is 11.7 Å². The lowest BCUT2D eigenvalue weighted by Gasteiger charge is -2.31. The second-order valence-corrected chi connectivity index (χ2v) is 4.57. The molecule has 2 amide bonds. The van der Waals surface area contributed by atoms with Crippen LogP contribution >= 0.6 is 0 Å². The maximum Gasteiger partial charge on any atom is 0.225 e. The van der Waals surface area contributed by atoms with E-state index in [1.807, 2.05) is 0 Å². The Morgan fingerprint density at radius 1 is 1.44 bits per heavy atom. The number of piperidine rings is 1. The molecule has 1 unspecified atom stereocenters. The average Bonchev–Trinajstić information content (AvgIpc) is 2.43. The maximum absolute atomic E-state index is 12.0. The van der Waals surface area contributed by atoms with E-state index in [0.29, 0.717) is 26.1 Å². The summed E-state index contributed by atoms with van der Waals surface area (Å²) in [5.41, 5.74) is 5.49. The number of carbonyl (C=O) groups is 2. The fourth-order valence-electron chi connectivity index (χ4n) is 2.18. The van der Waals surface area contributed by atoms with Crippen molar-refractivity contribution < 1.29 is 14.3 Å². The van der Waals surface area contributed by atoms with Crippen molar-refractivity contribution in [2.45, 2.75) is 25.4 Å². The van der Waals surface area contributed by atoms with Gasteiger partial charge < -0.3 is 20.7 Å². The second-order valence-electron chi connectivity index (χ2n) is 4.57. The number of amides is 2. The molecule has 0 aliphatic carbocycles. The van der Waals surface area contributed by atoms with Crippen LogP contribution in [0.3, 0.4) is 0 Å². The van der Waals surface area contributed by atoms with E-state index >= 15 is 0 Å². The van der Waals surface area contributed by atoms with Gasteiger partial charge in [-0.1, -0.05) is 0 Å². The summed E-state index contributed by atoms with van der Waals surface area (Å²) in [5.74, 6) is 0.160. The molecule has 1 aliphatic rings. The third-order valence-electron chi connectivity index (χ3n) is 3.46. The number of carbonyl (C=O) groups excluding carboxylic acids is 2. The third-order valence-corrected chi connectivity index (χ3v) is 3.46. The first-order valence-electron chi connectivity index (χ1n) is 6.34. The van der Waals surface area contributed by atoms with Gasteiger partial charge >= 0.3 is 0 Å². The lowest BCUT2D eigenvalue weighted by Crippen LogP contribution is -2.43. The molecule has 1 rings (SSSR count). The van der Waals surface area contributed by atoms with Gasteiger partial charge in [0.25, 0.3) is 0 Å². The minimum absolute atomic E-state index is 0.0341. The van der Waals surface area contributed by atoms with E-state index in [9.17, 15) is 9.59 Å². The first-order chi connectivity index (χ1) is 8.62. The molecule has 6 heteroatoms. The molecule has 0 spiro atoms. The molecule has 3 N–H and O–H groups in total. The van der Waals surface area contributed by atoms with Gasteiger partial charge in [-0.25, -0.2) is 0 Å². The number of methoxy groups -OCH3 is 1. The number of likely N-dealkylation sites (tertiary alicyclic amines) is 1. The average molecular weight is 257 g/mol. The molecule has 18 heavy (non-hydrogen) atoms. The number of hydrogen-bond donors (Lipinski definition) is 2. The molecule has 1 fully saturated rings. The summed E-state index contributed by atoms with van der Waals surface area (Å²) in [6, 6.07) is 0. The fourth-order valence-corrected chi connectivity index (χ4v) is 2.18. The highest BCUT2D eigenvalue weighted by molar-refractivity contribution is 5.80. The van der Waals surface area contributed by atoms with Crippen molar-refractivity contribution in [2.75, 3.05) is 33.8 Å². The van der Waals surface area contributed by atoms with Crippen LogP contribution in [0.5, 0.6) is 0 Å². The van der Waals surface area contributed by atoms with E-state index in [1.165, 1.54) is 0 Å². The van der Waals surface area contributed by atoms with Gasteiger partial charge in [-0.15, -0.1) is 0 Å². The van der Waals surface area contributed by atoms with Gasteiger partial charge in [0.2, 0.25) is 11.8 Å². The zero-order chi connectivity index (χ0) is 13.5. The maximum atomic E-state index is 12.0. The van der Waals surface area contributed by atoms with Gasteiger partial charge in [0, 0.05) is 39.7 Å². The van der Waals surface area contributed by atoms with E-state index in [4.69, 9.17) is 10.5 Å². The molecule has 0 bridgehead atoms. The fraction of sp³-hybridized carbons (Fsp3) is 0.833. The zero-order valence-corrected chi connectivity index (χ0v) is 11.1. The summed E-state index contributed by atoms with van der Waals surface area (Å²) >= 11 is 0. The van der Waals surface area contributed by atoms with Crippen LogP contribution in [0.4, 0.5) is 0 Å². The van der Waals surface area contributed by atoms with Crippen molar-refractivity contribution >= 4 is 11.8 Å². The molecule has 6 nitrogen and oxygen atoms in total. The smallest absolute Gasteiger partial charge is 0.225 e. The lowest BCUT2D eigenvalue weighted by molar-refractivity contribution is -0.137. The minimum atomic E-state index is -0.214. The number of ether oxygens (including phenoxy) is 1. The highest BCUT2D eigenvalue weighted by atomic mass is 16.5. The van der Waals surface area contributed by atoms with Crippen molar-refractivity contribution in [1.29, 1.82) is 0 Å². The number of hydrogen-bond acceptors (Lipinski definition) is 4. The summed E-state index contributed by atoms with van der Waals surface area (Å²) in [4.78, 5) is 25.2. The number of nitrogens with one attached hydrogen (secondary N) is 1. The van der Waals surface area contributed by atoms with Crippen LogP contribution < -0.4 is 11.1 Å². The van der Waals surface area contributed by atoms with Crippen LogP contribution in [-0.4, -0.2) is 56.6 Å². The Kier molecular flexibility index (Phi) is 6.07. The number of nitrogens with two attached hydrogens (primary N) is 1. The normalized spacial score (nSPS) is 18.5. The van der Waals surface area contributed by atoms with Crippen LogP contribution in [0.2, 0.25) is 0 Å². The quantitative estimate of drug-likeness (QED) is 0.684. The van der Waals surface area contributed by atoms with E-state index in [1.54, 1.807) is 19.1 Å². The van der Waals surface area contributed by atoms with Crippen LogP contribution in [0, 0.1) is 5.92 Å². The van der Waals surface area contributed by atoms with E-state index in [-0.39, 0.29) is 23.8 Å². The third kappa shape index (κ3) is 3.96. The van der Waals surface area contributed by atoms with E-state index < -0.39 is 0 Å². The Bertz CT molecular complexity index is 284. The van der Waals surface area contributed by atoms with Crippen LogP contribution in [-0.2, 0) is 14.3 Å². The van der Waals surface area contributed by atoms with E-state index in [2.05, 4.69) is 5.32 Å². The molecule has 104 valence electrons. The van der Waals surface area contributed by atoms with Gasteiger partial charge in [-0.3, -0.25) is 9.59 Å². The van der Waals surface area contributed by atoms with Crippen LogP contribution in [0.1, 0.15) is 19.3 Å². The molecule has 1 atom stereocenters. The standard InChI is InChI=1S/C12H23N3O3/c1-14-12(17)9-3-5-15(6-4-9)11(16)7-10(8-13)18-2/h9-10H,3-8,13H2,1-2H3,(H,14,17). The van der Waals surface area contributed by atoms with Gasteiger partial charge in [0.05, 0.1) is 12.5 Å². The largest absolute Gasteiger partial charge is 0.380 e. The Balaban J connectivity index is 2.38. The van der Waals surface area contributed by atoms with E-state index in [0.717, 1.165) is 12.8 Å². The molecule has 0 aromatic heterocycles. The topological polar surface area (TPSA) is 84.7 Å². The van der Waals surface area contributed by atoms with Crippen LogP contribution in [0.15, 0.2) is 0 Å². The summed E-state index contributed by atoms with van der Waals surface area (Å²) in [6.45, 7) is 1.62. The monoisotopic (exact) mass is 257 g/mol. The molecule has 1 heterocycles. The Morgan fingerprint density at radius 2 is 2.06 bits per heavy atom. The van der Waals surface area contributed by atoms with Crippen molar-refractivity contribution in [3.8, 4) is 0 Å². The first-order valence-corrected chi connectivity index (χ1v) is 6.34. The predicted molar refractivity (Wildman–Crippen MR) is 67.8 cm³/mol. The molecule has 0 aromatic rings. The summed E-state index contributed by atoms with van der Waals surface area (Å²) < 4.78 is 5.10. The molecule has 1 aliphatic heterocycles. The predicted octanol–water partition coefficient (Wildman–Crippen LogP) is -0.665.